The molecular formula is C28H32N4O3. The number of aromatic amines is 1. The number of hydrogen-bond acceptors (Lipinski definition) is 3. The molecule has 2 N–H and O–H groups in total. The number of allylic oxidation sites excluding steroid dienone is 2. The smallest absolute Gasteiger partial charge is 0.325 e. The first-order valence-corrected chi connectivity index (χ1v) is 12.5. The SMILES string of the molecule is Cc1cc(C(=O)CN2C(=O)NC(Cc3c[nH]c4ccccc34)C2=O)c(C)n1CCC1=CCCCC1. The summed E-state index contributed by atoms with van der Waals surface area (Å²) < 4.78 is 2.17. The predicted molar refractivity (Wildman–Crippen MR) is 135 cm³/mol. The van der Waals surface area contributed by atoms with E-state index < -0.39 is 12.1 Å². The van der Waals surface area contributed by atoms with E-state index in [0.29, 0.717) is 12.0 Å². The normalized spacial score (nSPS) is 18.3. The molecule has 7 nitrogen and oxygen atoms in total. The fourth-order valence-electron chi connectivity index (χ4n) is 5.43. The average Bonchev–Trinajstić information content (AvgIpc) is 3.48. The molecule has 2 aliphatic rings. The van der Waals surface area contributed by atoms with E-state index in [9.17, 15) is 14.4 Å². The lowest BCUT2D eigenvalue weighted by atomic mass is 9.97. The molecule has 1 aromatic carbocycles. The minimum Gasteiger partial charge on any atom is -0.361 e. The molecule has 3 heterocycles. The summed E-state index contributed by atoms with van der Waals surface area (Å²) in [5.41, 5.74) is 5.95. The molecule has 0 bridgehead atoms. The molecule has 1 unspecified atom stereocenters. The number of imide groups is 1. The first kappa shape index (κ1) is 23.1. The largest absolute Gasteiger partial charge is 0.361 e. The van der Waals surface area contributed by atoms with Crippen molar-refractivity contribution in [2.24, 2.45) is 0 Å². The van der Waals surface area contributed by atoms with Gasteiger partial charge >= 0.3 is 6.03 Å². The third-order valence-corrected chi connectivity index (χ3v) is 7.42. The number of nitrogens with zero attached hydrogens (tertiary/aromatic N) is 2. The summed E-state index contributed by atoms with van der Waals surface area (Å²) in [5.74, 6) is -0.566. The second kappa shape index (κ2) is 9.56. The fraction of sp³-hybridized carbons (Fsp3) is 0.393. The number of rotatable bonds is 8. The van der Waals surface area contributed by atoms with Crippen molar-refractivity contribution in [1.29, 1.82) is 0 Å². The van der Waals surface area contributed by atoms with E-state index in [2.05, 4.69) is 20.9 Å². The number of fused-ring (bicyclic) bond motifs is 1. The Bertz CT molecular complexity index is 1330. The van der Waals surface area contributed by atoms with E-state index in [1.54, 1.807) is 0 Å². The summed E-state index contributed by atoms with van der Waals surface area (Å²) in [6.45, 7) is 4.54. The van der Waals surface area contributed by atoms with Gasteiger partial charge in [0, 0.05) is 47.0 Å². The van der Waals surface area contributed by atoms with Gasteiger partial charge in [-0.2, -0.15) is 0 Å². The standard InChI is InChI=1S/C28H32N4O3/c1-18-14-23(19(2)31(18)13-12-20-8-4-3-5-9-20)26(33)17-32-27(34)25(30-28(32)35)15-21-16-29-24-11-7-6-10-22(21)24/h6-8,10-11,14,16,25,29H,3-5,9,12-13,15,17H2,1-2H3,(H,30,35). The minimum atomic E-state index is -0.675. The lowest BCUT2D eigenvalue weighted by Crippen LogP contribution is -2.36. The number of hydrogen-bond donors (Lipinski definition) is 2. The van der Waals surface area contributed by atoms with Crippen LogP contribution >= 0.6 is 0 Å². The Labute approximate surface area is 205 Å². The van der Waals surface area contributed by atoms with E-state index >= 15 is 0 Å². The van der Waals surface area contributed by atoms with E-state index in [1.165, 1.54) is 18.4 Å². The Balaban J connectivity index is 1.26. The summed E-state index contributed by atoms with van der Waals surface area (Å²) in [6, 6.07) is 8.56. The quantitative estimate of drug-likeness (QED) is 0.280. The van der Waals surface area contributed by atoms with Crippen LogP contribution in [-0.2, 0) is 17.8 Å². The van der Waals surface area contributed by atoms with Crippen LogP contribution in [0.4, 0.5) is 4.79 Å². The summed E-state index contributed by atoms with van der Waals surface area (Å²) in [7, 11) is 0. The zero-order valence-electron chi connectivity index (χ0n) is 20.4. The number of urea groups is 1. The first-order valence-electron chi connectivity index (χ1n) is 12.5. The van der Waals surface area contributed by atoms with E-state index in [0.717, 1.165) is 58.6 Å². The zero-order valence-corrected chi connectivity index (χ0v) is 20.4. The third kappa shape index (κ3) is 4.55. The molecule has 0 radical (unpaired) electrons. The van der Waals surface area contributed by atoms with Crippen molar-refractivity contribution in [2.75, 3.05) is 6.54 Å². The van der Waals surface area contributed by atoms with Gasteiger partial charge in [-0.1, -0.05) is 29.8 Å². The fourth-order valence-corrected chi connectivity index (χ4v) is 5.43. The number of ketones is 1. The van der Waals surface area contributed by atoms with Gasteiger partial charge in [-0.05, 0) is 63.6 Å². The maximum absolute atomic E-state index is 13.2. The van der Waals surface area contributed by atoms with Crippen LogP contribution in [0.15, 0.2) is 48.2 Å². The summed E-state index contributed by atoms with van der Waals surface area (Å²) in [6.07, 6.45) is 10.5. The van der Waals surface area contributed by atoms with Crippen LogP contribution in [0.5, 0.6) is 0 Å². The molecular weight excluding hydrogens is 440 g/mol. The van der Waals surface area contributed by atoms with Crippen molar-refractivity contribution in [2.45, 2.75) is 65.0 Å². The number of aromatic nitrogens is 2. The lowest BCUT2D eigenvalue weighted by molar-refractivity contribution is -0.127. The monoisotopic (exact) mass is 472 g/mol. The highest BCUT2D eigenvalue weighted by atomic mass is 16.2. The summed E-state index contributed by atoms with van der Waals surface area (Å²) in [5, 5.41) is 3.79. The van der Waals surface area contributed by atoms with Gasteiger partial charge in [0.1, 0.15) is 6.04 Å². The molecule has 35 heavy (non-hydrogen) atoms. The number of amides is 3. The Kier molecular flexibility index (Phi) is 6.32. The molecule has 3 aromatic rings. The van der Waals surface area contributed by atoms with Crippen LogP contribution in [0.25, 0.3) is 10.9 Å². The van der Waals surface area contributed by atoms with E-state index in [4.69, 9.17) is 0 Å². The molecule has 1 fully saturated rings. The van der Waals surface area contributed by atoms with Gasteiger partial charge in [0.25, 0.3) is 5.91 Å². The highest BCUT2D eigenvalue weighted by molar-refractivity contribution is 6.09. The molecule has 1 saturated heterocycles. The van der Waals surface area contributed by atoms with Crippen LogP contribution < -0.4 is 5.32 Å². The second-order valence-corrected chi connectivity index (χ2v) is 9.71. The molecule has 3 amide bonds. The van der Waals surface area contributed by atoms with Crippen LogP contribution in [0.3, 0.4) is 0 Å². The number of para-hydroxylation sites is 1. The Morgan fingerprint density at radius 2 is 1.97 bits per heavy atom. The van der Waals surface area contributed by atoms with E-state index in [-0.39, 0.29) is 18.2 Å². The highest BCUT2D eigenvalue weighted by Crippen LogP contribution is 2.24. The van der Waals surface area contributed by atoms with Crippen LogP contribution in [0.2, 0.25) is 0 Å². The number of benzene rings is 1. The highest BCUT2D eigenvalue weighted by Gasteiger charge is 2.39. The topological polar surface area (TPSA) is 87.2 Å². The molecule has 2 aromatic heterocycles. The first-order chi connectivity index (χ1) is 16.9. The van der Waals surface area contributed by atoms with Gasteiger partial charge in [-0.3, -0.25) is 14.5 Å². The van der Waals surface area contributed by atoms with Gasteiger partial charge < -0.3 is 14.9 Å². The molecule has 0 spiro atoms. The molecule has 1 aliphatic heterocycles. The van der Waals surface area contributed by atoms with Crippen molar-refractivity contribution >= 4 is 28.6 Å². The maximum Gasteiger partial charge on any atom is 0.325 e. The molecule has 0 saturated carbocycles. The predicted octanol–water partition coefficient (Wildman–Crippen LogP) is 4.82. The van der Waals surface area contributed by atoms with Crippen molar-refractivity contribution in [3.8, 4) is 0 Å². The van der Waals surface area contributed by atoms with Gasteiger partial charge in [0.2, 0.25) is 0 Å². The number of carbonyl (C=O) groups excluding carboxylic acids is 3. The Morgan fingerprint density at radius 1 is 1.14 bits per heavy atom. The minimum absolute atomic E-state index is 0.211. The zero-order chi connectivity index (χ0) is 24.5. The van der Waals surface area contributed by atoms with Crippen LogP contribution in [-0.4, -0.2) is 44.8 Å². The van der Waals surface area contributed by atoms with Gasteiger partial charge in [-0.25, -0.2) is 4.79 Å². The molecule has 182 valence electrons. The maximum atomic E-state index is 13.2. The molecule has 5 rings (SSSR count). The number of Topliss-reactive ketones (excluding diaryl/α,β-unsaturated/α-hetero) is 1. The molecule has 1 aliphatic carbocycles. The number of carbonyl (C=O) groups is 3. The summed E-state index contributed by atoms with van der Waals surface area (Å²) >= 11 is 0. The average molecular weight is 473 g/mol. The van der Waals surface area contributed by atoms with Crippen LogP contribution in [0, 0.1) is 13.8 Å². The van der Waals surface area contributed by atoms with Crippen molar-refractivity contribution in [1.82, 2.24) is 19.8 Å². The van der Waals surface area contributed by atoms with Crippen molar-refractivity contribution in [3.05, 3.63) is 70.7 Å². The number of aryl methyl sites for hydroxylation is 1. The van der Waals surface area contributed by atoms with Gasteiger partial charge in [0.05, 0.1) is 6.54 Å². The number of H-pyrrole nitrogens is 1. The Hall–Kier alpha value is -3.61. The summed E-state index contributed by atoms with van der Waals surface area (Å²) in [4.78, 5) is 43.1. The molecule has 7 heteroatoms. The number of nitrogens with one attached hydrogen (secondary N) is 2. The Morgan fingerprint density at radius 3 is 2.77 bits per heavy atom. The second-order valence-electron chi connectivity index (χ2n) is 9.71. The third-order valence-electron chi connectivity index (χ3n) is 7.42. The van der Waals surface area contributed by atoms with Crippen LogP contribution in [0.1, 0.15) is 59.4 Å². The van der Waals surface area contributed by atoms with Gasteiger partial charge in [-0.15, -0.1) is 0 Å². The van der Waals surface area contributed by atoms with Crippen molar-refractivity contribution in [3.63, 3.8) is 0 Å². The van der Waals surface area contributed by atoms with Crippen molar-refractivity contribution < 1.29 is 14.4 Å². The molecule has 1 atom stereocenters. The van der Waals surface area contributed by atoms with Gasteiger partial charge in [0.15, 0.2) is 5.78 Å². The lowest BCUT2D eigenvalue weighted by Gasteiger charge is -2.15. The van der Waals surface area contributed by atoms with E-state index in [1.807, 2.05) is 50.4 Å².